The summed E-state index contributed by atoms with van der Waals surface area (Å²) in [5, 5.41) is 9.02. The molecule has 1 amide bonds. The molecule has 1 N–H and O–H groups in total. The molecule has 0 radical (unpaired) electrons. The van der Waals surface area contributed by atoms with Crippen LogP contribution in [-0.4, -0.2) is 20.7 Å². The molecule has 0 spiro atoms. The van der Waals surface area contributed by atoms with E-state index in [4.69, 9.17) is 4.74 Å². The fourth-order valence-corrected chi connectivity index (χ4v) is 3.60. The second-order valence-corrected chi connectivity index (χ2v) is 7.48. The van der Waals surface area contributed by atoms with Crippen molar-refractivity contribution in [1.29, 1.82) is 0 Å². The molecule has 146 valence electrons. The number of amides is 1. The summed E-state index contributed by atoms with van der Waals surface area (Å²) < 4.78 is 7.43. The maximum atomic E-state index is 12.5. The molecule has 0 aliphatic carbocycles. The van der Waals surface area contributed by atoms with Crippen LogP contribution < -0.4 is 10.1 Å². The first-order valence-electron chi connectivity index (χ1n) is 9.18. The first-order valence-corrected chi connectivity index (χ1v) is 10.1. The lowest BCUT2D eigenvalue weighted by Crippen LogP contribution is -2.12. The zero-order valence-corrected chi connectivity index (χ0v) is 16.7. The number of hydrogen-bond acceptors (Lipinski definition) is 5. The summed E-state index contributed by atoms with van der Waals surface area (Å²) >= 11 is 1.37. The molecule has 2 heterocycles. The second-order valence-electron chi connectivity index (χ2n) is 6.57. The molecule has 0 fully saturated rings. The quantitative estimate of drug-likeness (QED) is 0.491. The van der Waals surface area contributed by atoms with Crippen LogP contribution in [0.2, 0.25) is 0 Å². The number of ether oxygens (including phenoxy) is 1. The number of nitrogens with one attached hydrogen (secondary N) is 1. The van der Waals surface area contributed by atoms with Gasteiger partial charge < -0.3 is 4.74 Å². The van der Waals surface area contributed by atoms with E-state index in [2.05, 4.69) is 34.5 Å². The summed E-state index contributed by atoms with van der Waals surface area (Å²) in [4.78, 5) is 17.3. The van der Waals surface area contributed by atoms with E-state index in [1.807, 2.05) is 53.9 Å². The van der Waals surface area contributed by atoms with Crippen molar-refractivity contribution in [2.45, 2.75) is 20.1 Å². The van der Waals surface area contributed by atoms with E-state index >= 15 is 0 Å². The van der Waals surface area contributed by atoms with Gasteiger partial charge in [0.25, 0.3) is 5.91 Å². The number of carbonyl (C=O) groups excluding carboxylic acids is 1. The Balaban J connectivity index is 1.34. The van der Waals surface area contributed by atoms with Crippen molar-refractivity contribution in [2.24, 2.45) is 0 Å². The fourth-order valence-electron chi connectivity index (χ4n) is 2.81. The molecule has 4 rings (SSSR count). The summed E-state index contributed by atoms with van der Waals surface area (Å²) in [6, 6.07) is 19.5. The first kappa shape index (κ1) is 18.9. The van der Waals surface area contributed by atoms with Gasteiger partial charge in [-0.3, -0.25) is 10.1 Å². The van der Waals surface area contributed by atoms with Gasteiger partial charge in [-0.1, -0.05) is 42.5 Å². The van der Waals surface area contributed by atoms with Gasteiger partial charge in [0.15, 0.2) is 0 Å². The average Bonchev–Trinajstić information content (AvgIpc) is 3.39. The number of para-hydroxylation sites is 1. The highest BCUT2D eigenvalue weighted by Crippen LogP contribution is 2.19. The average molecular weight is 404 g/mol. The summed E-state index contributed by atoms with van der Waals surface area (Å²) in [7, 11) is 0. The molecule has 4 aromatic rings. The van der Waals surface area contributed by atoms with Crippen molar-refractivity contribution in [2.75, 3.05) is 5.32 Å². The number of benzene rings is 2. The second kappa shape index (κ2) is 8.70. The standard InChI is InChI=1S/C22H20N4O2S/c1-16-7-5-6-8-18(16)12-26-15-23-22(25-26)24-21(27)20-11-17(14-29-20)13-28-19-9-3-2-4-10-19/h2-11,14-15H,12-13H2,1H3,(H,24,25,27). The minimum Gasteiger partial charge on any atom is -0.489 e. The van der Waals surface area contributed by atoms with Gasteiger partial charge in [0, 0.05) is 5.56 Å². The molecule has 0 bridgehead atoms. The molecule has 2 aromatic carbocycles. The summed E-state index contributed by atoms with van der Waals surface area (Å²) in [5.74, 6) is 0.863. The molecule has 0 saturated heterocycles. The lowest BCUT2D eigenvalue weighted by Gasteiger charge is -2.04. The molecule has 0 saturated carbocycles. The van der Waals surface area contributed by atoms with E-state index in [0.29, 0.717) is 24.0 Å². The van der Waals surface area contributed by atoms with E-state index < -0.39 is 0 Å². The van der Waals surface area contributed by atoms with Crippen LogP contribution in [0.4, 0.5) is 5.95 Å². The lowest BCUT2D eigenvalue weighted by molar-refractivity contribution is 0.102. The van der Waals surface area contributed by atoms with Gasteiger partial charge in [-0.05, 0) is 41.6 Å². The zero-order chi connectivity index (χ0) is 20.1. The van der Waals surface area contributed by atoms with Crippen LogP contribution in [0.1, 0.15) is 26.4 Å². The largest absolute Gasteiger partial charge is 0.489 e. The Labute approximate surface area is 172 Å². The van der Waals surface area contributed by atoms with Crippen LogP contribution in [-0.2, 0) is 13.2 Å². The maximum Gasteiger partial charge on any atom is 0.268 e. The highest BCUT2D eigenvalue weighted by atomic mass is 32.1. The van der Waals surface area contributed by atoms with Gasteiger partial charge in [-0.15, -0.1) is 16.4 Å². The highest BCUT2D eigenvalue weighted by Gasteiger charge is 2.12. The lowest BCUT2D eigenvalue weighted by atomic mass is 10.1. The van der Waals surface area contributed by atoms with E-state index in [1.165, 1.54) is 16.9 Å². The smallest absolute Gasteiger partial charge is 0.268 e. The van der Waals surface area contributed by atoms with Crippen molar-refractivity contribution in [3.05, 3.63) is 93.9 Å². The van der Waals surface area contributed by atoms with Crippen molar-refractivity contribution < 1.29 is 9.53 Å². The van der Waals surface area contributed by atoms with Gasteiger partial charge in [0.1, 0.15) is 18.7 Å². The van der Waals surface area contributed by atoms with Crippen LogP contribution in [0.15, 0.2) is 72.4 Å². The number of hydrogen-bond donors (Lipinski definition) is 1. The van der Waals surface area contributed by atoms with E-state index in [0.717, 1.165) is 16.9 Å². The highest BCUT2D eigenvalue weighted by molar-refractivity contribution is 7.12. The number of nitrogens with zero attached hydrogens (tertiary/aromatic N) is 3. The molecule has 0 aliphatic rings. The minimum atomic E-state index is -0.227. The number of aromatic nitrogens is 3. The SMILES string of the molecule is Cc1ccccc1Cn1cnc(NC(=O)c2cc(COc3ccccc3)cs2)n1. The summed E-state index contributed by atoms with van der Waals surface area (Å²) in [6.45, 7) is 3.08. The molecule has 0 aliphatic heterocycles. The Morgan fingerprint density at radius 2 is 1.93 bits per heavy atom. The van der Waals surface area contributed by atoms with Crippen molar-refractivity contribution in [3.8, 4) is 5.75 Å². The number of aryl methyl sites for hydroxylation is 1. The fraction of sp³-hybridized carbons (Fsp3) is 0.136. The van der Waals surface area contributed by atoms with Crippen LogP contribution in [0, 0.1) is 6.92 Å². The van der Waals surface area contributed by atoms with Gasteiger partial charge in [-0.25, -0.2) is 9.67 Å². The third-order valence-electron chi connectivity index (χ3n) is 4.38. The molecule has 7 heteroatoms. The molecule has 2 aromatic heterocycles. The molecular formula is C22H20N4O2S. The van der Waals surface area contributed by atoms with Crippen LogP contribution in [0.5, 0.6) is 5.75 Å². The molecular weight excluding hydrogens is 384 g/mol. The van der Waals surface area contributed by atoms with Crippen molar-refractivity contribution >= 4 is 23.2 Å². The van der Waals surface area contributed by atoms with Crippen LogP contribution in [0.25, 0.3) is 0 Å². The third kappa shape index (κ3) is 4.89. The van der Waals surface area contributed by atoms with Crippen molar-refractivity contribution in [3.63, 3.8) is 0 Å². The predicted octanol–water partition coefficient (Wildman–Crippen LogP) is 4.53. The van der Waals surface area contributed by atoms with Gasteiger partial charge in [0.2, 0.25) is 5.95 Å². The number of carbonyl (C=O) groups is 1. The normalized spacial score (nSPS) is 10.7. The minimum absolute atomic E-state index is 0.227. The monoisotopic (exact) mass is 404 g/mol. The zero-order valence-electron chi connectivity index (χ0n) is 15.9. The Kier molecular flexibility index (Phi) is 5.67. The topological polar surface area (TPSA) is 69.0 Å². The number of anilines is 1. The molecule has 6 nitrogen and oxygen atoms in total. The summed E-state index contributed by atoms with van der Waals surface area (Å²) in [5.41, 5.74) is 3.30. The van der Waals surface area contributed by atoms with Crippen LogP contribution in [0.3, 0.4) is 0 Å². The third-order valence-corrected chi connectivity index (χ3v) is 5.36. The Morgan fingerprint density at radius 1 is 1.14 bits per heavy atom. The van der Waals surface area contributed by atoms with Gasteiger partial charge >= 0.3 is 0 Å². The summed E-state index contributed by atoms with van der Waals surface area (Å²) in [6.07, 6.45) is 1.62. The molecule has 0 atom stereocenters. The van der Waals surface area contributed by atoms with E-state index in [9.17, 15) is 4.79 Å². The van der Waals surface area contributed by atoms with Gasteiger partial charge in [-0.2, -0.15) is 0 Å². The van der Waals surface area contributed by atoms with Crippen molar-refractivity contribution in [1.82, 2.24) is 14.8 Å². The van der Waals surface area contributed by atoms with E-state index in [1.54, 1.807) is 11.0 Å². The van der Waals surface area contributed by atoms with E-state index in [-0.39, 0.29) is 5.91 Å². The number of thiophene rings is 1. The maximum absolute atomic E-state index is 12.5. The number of rotatable bonds is 7. The van der Waals surface area contributed by atoms with Gasteiger partial charge in [0.05, 0.1) is 11.4 Å². The Morgan fingerprint density at radius 3 is 2.76 bits per heavy atom. The predicted molar refractivity (Wildman–Crippen MR) is 113 cm³/mol. The molecule has 0 unspecified atom stereocenters. The Bertz CT molecular complexity index is 1100. The molecule has 29 heavy (non-hydrogen) atoms. The Hall–Kier alpha value is -3.45. The van der Waals surface area contributed by atoms with Crippen LogP contribution >= 0.6 is 11.3 Å². The first-order chi connectivity index (χ1) is 14.2.